The minimum atomic E-state index is -0.155. The molecule has 0 heterocycles. The Hall–Kier alpha value is -0.610. The largest absolute Gasteiger partial charge is 0.396 e. The van der Waals surface area contributed by atoms with E-state index >= 15 is 0 Å². The van der Waals surface area contributed by atoms with Crippen LogP contribution < -0.4 is 10.6 Å². The molecule has 3 N–H and O–H groups in total. The summed E-state index contributed by atoms with van der Waals surface area (Å²) in [5.74, 6) is 0.996. The summed E-state index contributed by atoms with van der Waals surface area (Å²) in [5, 5.41) is 15.4. The molecule has 1 saturated carbocycles. The van der Waals surface area contributed by atoms with Crippen molar-refractivity contribution in [1.82, 2.24) is 10.6 Å². The van der Waals surface area contributed by atoms with Crippen LogP contribution in [-0.4, -0.2) is 36.2 Å². The number of amides is 1. The molecule has 0 aromatic heterocycles. The molecule has 3 atom stereocenters. The summed E-state index contributed by atoms with van der Waals surface area (Å²) in [6, 6.07) is 0.0285. The normalized spacial score (nSPS) is 26.2. The van der Waals surface area contributed by atoms with Gasteiger partial charge in [0.1, 0.15) is 0 Å². The monoisotopic (exact) mass is 242 g/mol. The average molecular weight is 242 g/mol. The summed E-state index contributed by atoms with van der Waals surface area (Å²) in [4.78, 5) is 11.7. The van der Waals surface area contributed by atoms with Gasteiger partial charge in [-0.3, -0.25) is 4.79 Å². The minimum absolute atomic E-state index is 0.0542. The molecule has 3 unspecified atom stereocenters. The second kappa shape index (κ2) is 6.97. The van der Waals surface area contributed by atoms with E-state index in [9.17, 15) is 9.90 Å². The summed E-state index contributed by atoms with van der Waals surface area (Å²) in [6.45, 7) is 6.92. The van der Waals surface area contributed by atoms with Crippen LogP contribution in [0, 0.1) is 11.8 Å². The molecule has 1 aliphatic carbocycles. The van der Waals surface area contributed by atoms with Crippen LogP contribution >= 0.6 is 0 Å². The van der Waals surface area contributed by atoms with Gasteiger partial charge in [0.05, 0.1) is 6.04 Å². The number of nitrogens with one attached hydrogen (secondary N) is 2. The van der Waals surface area contributed by atoms with Crippen molar-refractivity contribution in [2.75, 3.05) is 13.2 Å². The number of aliphatic hydroxyl groups excluding tert-OH is 1. The highest BCUT2D eigenvalue weighted by atomic mass is 16.3. The van der Waals surface area contributed by atoms with Gasteiger partial charge in [-0.15, -0.1) is 0 Å². The number of hydrogen-bond acceptors (Lipinski definition) is 3. The van der Waals surface area contributed by atoms with E-state index in [2.05, 4.69) is 10.6 Å². The number of hydrogen-bond donors (Lipinski definition) is 3. The number of aliphatic hydroxyl groups is 1. The lowest BCUT2D eigenvalue weighted by Gasteiger charge is -2.21. The SMILES string of the molecule is CC(C)NC(=O)C(C)NCC1CCCC1CO. The smallest absolute Gasteiger partial charge is 0.237 e. The maximum atomic E-state index is 11.7. The van der Waals surface area contributed by atoms with Gasteiger partial charge in [-0.25, -0.2) is 0 Å². The molecule has 0 aliphatic heterocycles. The van der Waals surface area contributed by atoms with Gasteiger partial charge in [0.2, 0.25) is 5.91 Å². The van der Waals surface area contributed by atoms with Gasteiger partial charge in [0, 0.05) is 12.6 Å². The first-order chi connectivity index (χ1) is 8.04. The Morgan fingerprint density at radius 1 is 1.29 bits per heavy atom. The van der Waals surface area contributed by atoms with Crippen molar-refractivity contribution in [2.24, 2.45) is 11.8 Å². The molecule has 0 bridgehead atoms. The number of carbonyl (C=O) groups is 1. The minimum Gasteiger partial charge on any atom is -0.396 e. The lowest BCUT2D eigenvalue weighted by molar-refractivity contribution is -0.123. The highest BCUT2D eigenvalue weighted by Gasteiger charge is 2.27. The average Bonchev–Trinajstić information content (AvgIpc) is 2.72. The van der Waals surface area contributed by atoms with Gasteiger partial charge in [0.25, 0.3) is 0 Å². The van der Waals surface area contributed by atoms with Crippen LogP contribution in [0.15, 0.2) is 0 Å². The molecule has 0 saturated heterocycles. The fourth-order valence-corrected chi connectivity index (χ4v) is 2.45. The third-order valence-corrected chi connectivity index (χ3v) is 3.56. The van der Waals surface area contributed by atoms with Crippen molar-refractivity contribution in [3.05, 3.63) is 0 Å². The first kappa shape index (κ1) is 14.5. The summed E-state index contributed by atoms with van der Waals surface area (Å²) >= 11 is 0. The van der Waals surface area contributed by atoms with E-state index in [1.54, 1.807) is 0 Å². The Labute approximate surface area is 104 Å². The molecule has 17 heavy (non-hydrogen) atoms. The molecule has 100 valence electrons. The third kappa shape index (κ3) is 4.64. The second-order valence-electron chi connectivity index (χ2n) is 5.43. The zero-order chi connectivity index (χ0) is 12.8. The van der Waals surface area contributed by atoms with Crippen LogP contribution in [0.2, 0.25) is 0 Å². The third-order valence-electron chi connectivity index (χ3n) is 3.56. The maximum absolute atomic E-state index is 11.7. The van der Waals surface area contributed by atoms with Gasteiger partial charge < -0.3 is 15.7 Å². The van der Waals surface area contributed by atoms with E-state index < -0.39 is 0 Å². The molecule has 1 fully saturated rings. The van der Waals surface area contributed by atoms with Gasteiger partial charge in [0.15, 0.2) is 0 Å². The quantitative estimate of drug-likeness (QED) is 0.648. The summed E-state index contributed by atoms with van der Waals surface area (Å²) in [5.41, 5.74) is 0. The summed E-state index contributed by atoms with van der Waals surface area (Å²) < 4.78 is 0. The molecule has 0 radical (unpaired) electrons. The molecular weight excluding hydrogens is 216 g/mol. The van der Waals surface area contributed by atoms with Crippen LogP contribution in [0.4, 0.5) is 0 Å². The highest BCUT2D eigenvalue weighted by Crippen LogP contribution is 2.30. The first-order valence-corrected chi connectivity index (χ1v) is 6.69. The molecule has 1 aliphatic rings. The summed E-state index contributed by atoms with van der Waals surface area (Å²) in [6.07, 6.45) is 3.48. The Kier molecular flexibility index (Phi) is 5.92. The fourth-order valence-electron chi connectivity index (χ4n) is 2.45. The number of rotatable bonds is 6. The van der Waals surface area contributed by atoms with Crippen LogP contribution in [-0.2, 0) is 4.79 Å². The molecule has 4 heteroatoms. The van der Waals surface area contributed by atoms with E-state index in [0.29, 0.717) is 11.8 Å². The molecular formula is C13H26N2O2. The van der Waals surface area contributed by atoms with Crippen molar-refractivity contribution in [3.63, 3.8) is 0 Å². The maximum Gasteiger partial charge on any atom is 0.237 e. The predicted octanol–water partition coefficient (Wildman–Crippen LogP) is 0.898. The zero-order valence-electron chi connectivity index (χ0n) is 11.2. The summed E-state index contributed by atoms with van der Waals surface area (Å²) in [7, 11) is 0. The van der Waals surface area contributed by atoms with Crippen molar-refractivity contribution in [2.45, 2.75) is 52.1 Å². The van der Waals surface area contributed by atoms with E-state index in [4.69, 9.17) is 0 Å². The molecule has 0 aromatic rings. The van der Waals surface area contributed by atoms with E-state index in [0.717, 1.165) is 19.4 Å². The fraction of sp³-hybridized carbons (Fsp3) is 0.923. The highest BCUT2D eigenvalue weighted by molar-refractivity contribution is 5.81. The standard InChI is InChI=1S/C13H26N2O2/c1-9(2)15-13(17)10(3)14-7-11-5-4-6-12(11)8-16/h9-12,14,16H,4-8H2,1-3H3,(H,15,17). The van der Waals surface area contributed by atoms with Gasteiger partial charge in [-0.05, 0) is 52.0 Å². The van der Waals surface area contributed by atoms with Gasteiger partial charge in [-0.1, -0.05) is 6.42 Å². The Balaban J connectivity index is 2.27. The molecule has 1 rings (SSSR count). The van der Waals surface area contributed by atoms with Crippen molar-refractivity contribution < 1.29 is 9.90 Å². The Morgan fingerprint density at radius 3 is 2.53 bits per heavy atom. The van der Waals surface area contributed by atoms with Crippen LogP contribution in [0.3, 0.4) is 0 Å². The lowest BCUT2D eigenvalue weighted by Crippen LogP contribution is -2.46. The van der Waals surface area contributed by atoms with Crippen LogP contribution in [0.1, 0.15) is 40.0 Å². The van der Waals surface area contributed by atoms with Gasteiger partial charge in [-0.2, -0.15) is 0 Å². The predicted molar refractivity (Wildman–Crippen MR) is 68.7 cm³/mol. The Bertz CT molecular complexity index is 244. The second-order valence-corrected chi connectivity index (χ2v) is 5.43. The number of carbonyl (C=O) groups excluding carboxylic acids is 1. The molecule has 4 nitrogen and oxygen atoms in total. The van der Waals surface area contributed by atoms with Gasteiger partial charge >= 0.3 is 0 Å². The topological polar surface area (TPSA) is 61.4 Å². The lowest BCUT2D eigenvalue weighted by atomic mass is 9.97. The molecule has 0 spiro atoms. The van der Waals surface area contributed by atoms with E-state index in [1.165, 1.54) is 6.42 Å². The Morgan fingerprint density at radius 2 is 1.94 bits per heavy atom. The van der Waals surface area contributed by atoms with E-state index in [1.807, 2.05) is 20.8 Å². The van der Waals surface area contributed by atoms with Crippen LogP contribution in [0.5, 0.6) is 0 Å². The van der Waals surface area contributed by atoms with Crippen molar-refractivity contribution >= 4 is 5.91 Å². The van der Waals surface area contributed by atoms with Crippen molar-refractivity contribution in [1.29, 1.82) is 0 Å². The molecule has 1 amide bonds. The van der Waals surface area contributed by atoms with E-state index in [-0.39, 0.29) is 24.6 Å². The zero-order valence-corrected chi connectivity index (χ0v) is 11.2. The van der Waals surface area contributed by atoms with Crippen molar-refractivity contribution in [3.8, 4) is 0 Å². The molecule has 0 aromatic carbocycles. The van der Waals surface area contributed by atoms with Crippen LogP contribution in [0.25, 0.3) is 0 Å². The first-order valence-electron chi connectivity index (χ1n) is 6.69.